The van der Waals surface area contributed by atoms with Crippen LogP contribution in [-0.4, -0.2) is 87.5 Å². The van der Waals surface area contributed by atoms with Crippen LogP contribution in [0.5, 0.6) is 0 Å². The minimum Gasteiger partial charge on any atom is -0.394 e. The molecule has 0 heterocycles. The van der Waals surface area contributed by atoms with Crippen LogP contribution in [0.1, 0.15) is 0 Å². The molecule has 0 rings (SSSR count). The van der Waals surface area contributed by atoms with E-state index in [1.807, 2.05) is 0 Å². The van der Waals surface area contributed by atoms with Gasteiger partial charge in [-0.25, -0.2) is 8.62 Å². The summed E-state index contributed by atoms with van der Waals surface area (Å²) < 4.78 is 12.8. The van der Waals surface area contributed by atoms with E-state index in [-0.39, 0.29) is 0 Å². The van der Waals surface area contributed by atoms with E-state index in [2.05, 4.69) is 13.1 Å². The van der Waals surface area contributed by atoms with Gasteiger partial charge in [0.1, 0.15) is 24.4 Å². The van der Waals surface area contributed by atoms with Crippen molar-refractivity contribution in [2.75, 3.05) is 6.61 Å². The molecule has 0 aliphatic heterocycles. The molecule has 0 aromatic rings. The molecule has 0 saturated heterocycles. The Bertz CT molecular complexity index is 285. The van der Waals surface area contributed by atoms with Gasteiger partial charge in [0.25, 0.3) is 0 Å². The van der Waals surface area contributed by atoms with Crippen LogP contribution in [0.3, 0.4) is 0 Å². The van der Waals surface area contributed by atoms with Crippen LogP contribution in [0.2, 0.25) is 0 Å². The van der Waals surface area contributed by atoms with E-state index >= 15 is 0 Å². The first-order valence-electron chi connectivity index (χ1n) is 5.30. The van der Waals surface area contributed by atoms with Gasteiger partial charge in [0.15, 0.2) is 6.29 Å². The van der Waals surface area contributed by atoms with Crippen molar-refractivity contribution in [3.63, 3.8) is 0 Å². The predicted molar refractivity (Wildman–Crippen MR) is 70.0 cm³/mol. The van der Waals surface area contributed by atoms with Gasteiger partial charge in [0, 0.05) is 0 Å². The second kappa shape index (κ2) is 11.3. The molecule has 0 saturated carbocycles. The van der Waals surface area contributed by atoms with Gasteiger partial charge in [0.2, 0.25) is 0 Å². The quantitative estimate of drug-likeness (QED) is 0.122. The van der Waals surface area contributed by atoms with Gasteiger partial charge in [-0.1, -0.05) is 0 Å². The zero-order valence-electron chi connectivity index (χ0n) is 10.6. The molecule has 13 nitrogen and oxygen atoms in total. The first-order chi connectivity index (χ1) is 10.1. The first-order valence-corrected chi connectivity index (χ1v) is 8.72. The van der Waals surface area contributed by atoms with Crippen molar-refractivity contribution in [2.24, 2.45) is 0 Å². The Kier molecular flexibility index (Phi) is 11.7. The molecule has 5 atom stereocenters. The summed E-state index contributed by atoms with van der Waals surface area (Å²) in [6.07, 6.45) is -10.6. The van der Waals surface area contributed by atoms with E-state index < -0.39 is 63.1 Å². The summed E-state index contributed by atoms with van der Waals surface area (Å²) >= 11 is 0. The van der Waals surface area contributed by atoms with Crippen LogP contribution < -0.4 is 0 Å². The highest BCUT2D eigenvalue weighted by atomic mass is 31.3. The average Bonchev–Trinajstić information content (AvgIpc) is 2.42. The largest absolute Gasteiger partial charge is 0.394 e. The number of hydrogen-bond acceptors (Lipinski definition) is 13. The summed E-state index contributed by atoms with van der Waals surface area (Å²) in [6, 6.07) is 0. The zero-order chi connectivity index (χ0) is 17.4. The third-order valence-electron chi connectivity index (χ3n) is 2.05. The maximum atomic E-state index is 9.50. The molecule has 0 radical (unpaired) electrons. The fourth-order valence-electron chi connectivity index (χ4n) is 1.03. The number of rotatable bonds is 11. The summed E-state index contributed by atoms with van der Waals surface area (Å²) in [7, 11) is -9.07. The number of aliphatic hydroxyl groups excluding tert-OH is 6. The van der Waals surface area contributed by atoms with Crippen molar-refractivity contribution in [3.05, 3.63) is 0 Å². The Morgan fingerprint density at radius 3 is 1.55 bits per heavy atom. The smallest absolute Gasteiger partial charge is 0.349 e. The lowest BCUT2D eigenvalue weighted by Crippen LogP contribution is -2.50. The van der Waals surface area contributed by atoms with Gasteiger partial charge in [-0.15, -0.1) is 0 Å². The fraction of sp³-hybridized carbons (Fsp3) is 1.00. The van der Waals surface area contributed by atoms with Crippen molar-refractivity contribution in [1.29, 1.82) is 0 Å². The number of hydrogen-bond donors (Lipinski definition) is 10. The summed E-state index contributed by atoms with van der Waals surface area (Å²) in [6.45, 7) is -0.945. The van der Waals surface area contributed by atoms with E-state index in [1.54, 1.807) is 0 Å². The topological polar surface area (TPSA) is 230 Å². The highest BCUT2D eigenvalue weighted by Gasteiger charge is 2.37. The van der Waals surface area contributed by atoms with Crippen LogP contribution in [-0.2, 0) is 13.1 Å². The Balaban J connectivity index is 4.66. The SMILES string of the molecule is OC[C@@H](O)[C@@H](O)[C@H](O)[C@@H](O)C(O)OP(OP(O)O)OP(O)O. The molecule has 134 valence electrons. The van der Waals surface area contributed by atoms with Gasteiger partial charge in [-0.05, 0) is 0 Å². The molecule has 0 aliphatic carbocycles. The number of aliphatic hydroxyl groups is 6. The molecule has 16 heteroatoms. The second-order valence-electron chi connectivity index (χ2n) is 3.61. The van der Waals surface area contributed by atoms with Gasteiger partial charge in [-0.2, -0.15) is 0 Å². The normalized spacial score (nSPS) is 19.5. The molecule has 22 heavy (non-hydrogen) atoms. The Morgan fingerprint density at radius 1 is 0.727 bits per heavy atom. The molecule has 0 aliphatic rings. The molecule has 0 bridgehead atoms. The van der Waals surface area contributed by atoms with Gasteiger partial charge >= 0.3 is 25.8 Å². The molecule has 0 fully saturated rings. The predicted octanol–water partition coefficient (Wildman–Crippen LogP) is -3.56. The van der Waals surface area contributed by atoms with Crippen LogP contribution in [0.25, 0.3) is 0 Å². The minimum absolute atomic E-state index is 0.945. The summed E-state index contributed by atoms with van der Waals surface area (Å²) in [5.74, 6) is 0. The molecule has 0 aromatic carbocycles. The molecule has 0 amide bonds. The van der Waals surface area contributed by atoms with Gasteiger partial charge < -0.3 is 50.2 Å². The van der Waals surface area contributed by atoms with Crippen LogP contribution in [0.4, 0.5) is 0 Å². The van der Waals surface area contributed by atoms with Gasteiger partial charge in [0.05, 0.1) is 6.61 Å². The lowest BCUT2D eigenvalue weighted by Gasteiger charge is -2.29. The van der Waals surface area contributed by atoms with E-state index in [0.717, 1.165) is 0 Å². The van der Waals surface area contributed by atoms with Crippen LogP contribution in [0.15, 0.2) is 0 Å². The fourth-order valence-corrected chi connectivity index (χ4v) is 2.98. The van der Waals surface area contributed by atoms with Crippen LogP contribution in [0, 0.1) is 0 Å². The molecule has 0 aromatic heterocycles. The van der Waals surface area contributed by atoms with Gasteiger partial charge in [-0.3, -0.25) is 4.52 Å². The van der Waals surface area contributed by atoms with Crippen LogP contribution >= 0.6 is 25.8 Å². The highest BCUT2D eigenvalue weighted by Crippen LogP contribution is 2.57. The van der Waals surface area contributed by atoms with E-state index in [4.69, 9.17) is 29.8 Å². The summed E-state index contributed by atoms with van der Waals surface area (Å²) in [4.78, 5) is 34.4. The van der Waals surface area contributed by atoms with E-state index in [0.29, 0.717) is 0 Å². The molecular weight excluding hydrogens is 373 g/mol. The van der Waals surface area contributed by atoms with Crippen molar-refractivity contribution in [2.45, 2.75) is 30.7 Å². The molecule has 10 N–H and O–H groups in total. The standard InChI is InChI=1S/C6H17O13P3/c7-1-2(8)3(9)4(10)5(11)6(12)17-22(18-20(13)14)19-21(15)16/h2-16H,1H2/t2-,3-,4+,5-,6?/m1/s1. The van der Waals surface area contributed by atoms with E-state index in [1.165, 1.54) is 0 Å². The monoisotopic (exact) mass is 390 g/mol. The van der Waals surface area contributed by atoms with Crippen molar-refractivity contribution in [1.82, 2.24) is 0 Å². The summed E-state index contributed by atoms with van der Waals surface area (Å²) in [5, 5.41) is 55.4. The molecule has 1 unspecified atom stereocenters. The lowest BCUT2D eigenvalue weighted by atomic mass is 10.0. The molecule has 0 spiro atoms. The Morgan fingerprint density at radius 2 is 1.18 bits per heavy atom. The second-order valence-corrected chi connectivity index (χ2v) is 6.59. The minimum atomic E-state index is -3.07. The lowest BCUT2D eigenvalue weighted by molar-refractivity contribution is -0.182. The first kappa shape index (κ1) is 22.8. The summed E-state index contributed by atoms with van der Waals surface area (Å²) in [5.41, 5.74) is 0. The van der Waals surface area contributed by atoms with Crippen molar-refractivity contribution in [3.8, 4) is 0 Å². The third-order valence-corrected chi connectivity index (χ3v) is 4.67. The zero-order valence-corrected chi connectivity index (χ0v) is 13.3. The maximum absolute atomic E-state index is 9.50. The molecular formula is C6H17O13P3. The van der Waals surface area contributed by atoms with E-state index in [9.17, 15) is 20.4 Å². The highest BCUT2D eigenvalue weighted by molar-refractivity contribution is 7.60. The van der Waals surface area contributed by atoms with Crippen molar-refractivity contribution >= 4 is 25.8 Å². The van der Waals surface area contributed by atoms with Crippen molar-refractivity contribution < 1.29 is 63.4 Å². The maximum Gasteiger partial charge on any atom is 0.349 e. The Labute approximate surface area is 127 Å². The Hall–Kier alpha value is 0.770. The average molecular weight is 390 g/mol. The third kappa shape index (κ3) is 8.57.